The van der Waals surface area contributed by atoms with E-state index >= 15 is 0 Å². The molecule has 9 heteroatoms. The van der Waals surface area contributed by atoms with E-state index in [0.29, 0.717) is 17.2 Å². The zero-order valence-corrected chi connectivity index (χ0v) is 25.9. The van der Waals surface area contributed by atoms with Crippen LogP contribution in [0.5, 0.6) is 0 Å². The van der Waals surface area contributed by atoms with Gasteiger partial charge in [-0.05, 0) is 110 Å². The van der Waals surface area contributed by atoms with Crippen LogP contribution in [0.1, 0.15) is 93.6 Å². The highest BCUT2D eigenvalue weighted by Gasteiger charge is 2.47. The van der Waals surface area contributed by atoms with E-state index in [-0.39, 0.29) is 11.0 Å². The van der Waals surface area contributed by atoms with Crippen LogP contribution in [0.2, 0.25) is 0 Å². The second-order valence-corrected chi connectivity index (χ2v) is 13.9. The number of piperidine rings is 1. The Labute approximate surface area is 256 Å². The Morgan fingerprint density at radius 3 is 2.52 bits per heavy atom. The lowest BCUT2D eigenvalue weighted by Gasteiger charge is -2.36. The van der Waals surface area contributed by atoms with E-state index in [1.807, 2.05) is 12.1 Å². The Balaban J connectivity index is 1.11. The molecule has 0 unspecified atom stereocenters. The first-order chi connectivity index (χ1) is 20.5. The molecule has 0 amide bonds. The van der Waals surface area contributed by atoms with Crippen molar-refractivity contribution in [3.63, 3.8) is 0 Å². The fraction of sp³-hybridized carbons (Fsp3) is 0.545. The molecule has 3 aromatic rings. The van der Waals surface area contributed by atoms with Crippen molar-refractivity contribution in [2.24, 2.45) is 23.4 Å². The molecular formula is C33H42BrN7O. The topological polar surface area (TPSA) is 115 Å². The molecule has 0 radical (unpaired) electrons. The van der Waals surface area contributed by atoms with Gasteiger partial charge in [0.05, 0.1) is 16.3 Å². The molecule has 7 rings (SSSR count). The molecule has 0 bridgehead atoms. The maximum Gasteiger partial charge on any atom is 0.281 e. The minimum Gasteiger partial charge on any atom is -0.401 e. The van der Waals surface area contributed by atoms with Crippen LogP contribution >= 0.6 is 15.9 Å². The Morgan fingerprint density at radius 1 is 1.02 bits per heavy atom. The first-order valence-electron chi connectivity index (χ1n) is 15.9. The van der Waals surface area contributed by atoms with Crippen molar-refractivity contribution in [1.82, 2.24) is 24.9 Å². The molecule has 8 nitrogen and oxygen atoms in total. The van der Waals surface area contributed by atoms with Gasteiger partial charge in [0.15, 0.2) is 0 Å². The zero-order chi connectivity index (χ0) is 28.8. The van der Waals surface area contributed by atoms with Gasteiger partial charge in [-0.3, -0.25) is 15.2 Å². The van der Waals surface area contributed by atoms with Crippen LogP contribution in [0.25, 0.3) is 16.7 Å². The average molecular weight is 633 g/mol. The fourth-order valence-corrected chi connectivity index (χ4v) is 8.96. The minimum absolute atomic E-state index is 0.143. The number of likely N-dealkylation sites (tertiary alicyclic amines) is 1. The number of halogens is 1. The van der Waals surface area contributed by atoms with Gasteiger partial charge >= 0.3 is 0 Å². The van der Waals surface area contributed by atoms with Gasteiger partial charge in [0.2, 0.25) is 0 Å². The van der Waals surface area contributed by atoms with Crippen molar-refractivity contribution in [3.8, 4) is 5.82 Å². The summed E-state index contributed by atoms with van der Waals surface area (Å²) >= 11 is 3.62. The lowest BCUT2D eigenvalue weighted by molar-refractivity contribution is 0.155. The first-order valence-corrected chi connectivity index (χ1v) is 16.7. The van der Waals surface area contributed by atoms with E-state index in [4.69, 9.17) is 21.5 Å². The van der Waals surface area contributed by atoms with Gasteiger partial charge in [0.25, 0.3) is 5.56 Å². The molecule has 4 aliphatic rings. The molecular weight excluding hydrogens is 590 g/mol. The molecule has 42 heavy (non-hydrogen) atoms. The van der Waals surface area contributed by atoms with Crippen LogP contribution in [0, 0.1) is 11.8 Å². The smallest absolute Gasteiger partial charge is 0.281 e. The van der Waals surface area contributed by atoms with Crippen LogP contribution in [-0.2, 0) is 5.41 Å². The molecule has 1 saturated heterocycles. The van der Waals surface area contributed by atoms with Crippen LogP contribution in [0.3, 0.4) is 0 Å². The van der Waals surface area contributed by atoms with Crippen molar-refractivity contribution >= 4 is 26.8 Å². The average Bonchev–Trinajstić information content (AvgIpc) is 3.26. The van der Waals surface area contributed by atoms with Crippen LogP contribution in [0.15, 0.2) is 51.5 Å². The molecule has 2 aliphatic heterocycles. The maximum absolute atomic E-state index is 13.3. The summed E-state index contributed by atoms with van der Waals surface area (Å²) in [5.41, 5.74) is 12.7. The van der Waals surface area contributed by atoms with Crippen molar-refractivity contribution < 1.29 is 0 Å². The molecule has 4 heterocycles. The Hall–Kier alpha value is -2.75. The quantitative estimate of drug-likeness (QED) is 0.257. The standard InChI is InChI=1S/C33H42BrN7O/c34-25-5-4-6-28-29(25)31(42)39-32-33(15-2-1-3-16-33)24-11-12-27(38-30(24)41(28)32)23-13-17-40(18-14-23)20-21-7-9-22(10-8-21)26(35)19-37-36/h4-6,11-12,19,21-23,37H,1-3,7-10,13-18,20,35-36H2/b26-19-. The monoisotopic (exact) mass is 631 g/mol. The van der Waals surface area contributed by atoms with Gasteiger partial charge in [-0.1, -0.05) is 31.4 Å². The predicted molar refractivity (Wildman–Crippen MR) is 170 cm³/mol. The summed E-state index contributed by atoms with van der Waals surface area (Å²) in [5, 5.41) is 0.643. The van der Waals surface area contributed by atoms with E-state index in [0.717, 1.165) is 97.7 Å². The van der Waals surface area contributed by atoms with E-state index < -0.39 is 0 Å². The number of benzene rings is 1. The second kappa shape index (κ2) is 11.4. The third kappa shape index (κ3) is 4.77. The van der Waals surface area contributed by atoms with Gasteiger partial charge in [-0.2, -0.15) is 4.98 Å². The number of nitrogens with zero attached hydrogens (tertiary/aromatic N) is 4. The lowest BCUT2D eigenvalue weighted by Crippen LogP contribution is -2.38. The van der Waals surface area contributed by atoms with Gasteiger partial charge in [0.1, 0.15) is 11.6 Å². The van der Waals surface area contributed by atoms with E-state index in [9.17, 15) is 4.79 Å². The number of hydrogen-bond donors (Lipinski definition) is 3. The minimum atomic E-state index is -0.210. The molecule has 2 aliphatic carbocycles. The first kappa shape index (κ1) is 28.0. The highest BCUT2D eigenvalue weighted by molar-refractivity contribution is 9.10. The summed E-state index contributed by atoms with van der Waals surface area (Å²) in [6, 6.07) is 10.6. The summed E-state index contributed by atoms with van der Waals surface area (Å²) in [6.45, 7) is 3.42. The number of aromatic nitrogens is 3. The second-order valence-electron chi connectivity index (χ2n) is 13.1. The number of hydrogen-bond acceptors (Lipinski definition) is 7. The number of nitrogens with one attached hydrogen (secondary N) is 1. The van der Waals surface area contributed by atoms with Gasteiger partial charge in [0, 0.05) is 40.1 Å². The van der Waals surface area contributed by atoms with Crippen molar-refractivity contribution in [3.05, 3.63) is 74.1 Å². The fourth-order valence-electron chi connectivity index (χ4n) is 8.43. The summed E-state index contributed by atoms with van der Waals surface area (Å²) < 4.78 is 3.02. The van der Waals surface area contributed by atoms with Crippen molar-refractivity contribution in [2.45, 2.75) is 82.0 Å². The number of nitrogens with two attached hydrogens (primary N) is 2. The van der Waals surface area contributed by atoms with E-state index in [2.05, 4.69) is 49.0 Å². The third-order valence-electron chi connectivity index (χ3n) is 10.7. The SMILES string of the molecule is NN/C=C(\N)C1CCC(CN2CCC(c3ccc4c(n3)-n3c(nc(=O)c5c(Br)cccc53)C43CCCCC3)CC2)CC1. The molecule has 3 fully saturated rings. The number of fused-ring (bicyclic) bond motifs is 7. The molecule has 1 spiro atoms. The van der Waals surface area contributed by atoms with E-state index in [1.165, 1.54) is 37.1 Å². The molecule has 2 aromatic heterocycles. The number of hydrazine groups is 1. The maximum atomic E-state index is 13.3. The van der Waals surface area contributed by atoms with Gasteiger partial charge in [-0.15, -0.1) is 0 Å². The molecule has 2 saturated carbocycles. The summed E-state index contributed by atoms with van der Waals surface area (Å²) in [6.07, 6.45) is 14.4. The van der Waals surface area contributed by atoms with Gasteiger partial charge < -0.3 is 16.1 Å². The Bertz CT molecular complexity index is 1560. The van der Waals surface area contributed by atoms with Crippen molar-refractivity contribution in [1.29, 1.82) is 0 Å². The third-order valence-corrected chi connectivity index (χ3v) is 11.4. The summed E-state index contributed by atoms with van der Waals surface area (Å²) in [7, 11) is 0. The van der Waals surface area contributed by atoms with Crippen molar-refractivity contribution in [2.75, 3.05) is 19.6 Å². The lowest BCUT2D eigenvalue weighted by atomic mass is 9.70. The largest absolute Gasteiger partial charge is 0.401 e. The zero-order valence-electron chi connectivity index (χ0n) is 24.3. The van der Waals surface area contributed by atoms with Crippen LogP contribution in [-0.4, -0.2) is 39.1 Å². The molecule has 1 aromatic carbocycles. The number of allylic oxidation sites excluding steroid dienone is 1. The number of pyridine rings is 1. The number of rotatable bonds is 5. The Kier molecular flexibility index (Phi) is 7.61. The molecule has 5 N–H and O–H groups in total. The van der Waals surface area contributed by atoms with Gasteiger partial charge in [-0.25, -0.2) is 4.98 Å². The normalized spacial score (nSPS) is 24.6. The molecule has 222 valence electrons. The summed E-state index contributed by atoms with van der Waals surface area (Å²) in [4.78, 5) is 26.2. The van der Waals surface area contributed by atoms with E-state index in [1.54, 1.807) is 6.20 Å². The summed E-state index contributed by atoms with van der Waals surface area (Å²) in [5.74, 6) is 8.98. The highest BCUT2D eigenvalue weighted by Crippen LogP contribution is 2.51. The highest BCUT2D eigenvalue weighted by atomic mass is 79.9. The predicted octanol–water partition coefficient (Wildman–Crippen LogP) is 5.36. The van der Waals surface area contributed by atoms with Crippen LogP contribution < -0.4 is 22.6 Å². The molecule has 0 atom stereocenters. The van der Waals surface area contributed by atoms with Crippen LogP contribution in [0.4, 0.5) is 0 Å². The Morgan fingerprint density at radius 2 is 1.79 bits per heavy atom.